The second-order valence-electron chi connectivity index (χ2n) is 12.2. The zero-order valence-electron chi connectivity index (χ0n) is 30.1. The summed E-state index contributed by atoms with van der Waals surface area (Å²) in [7, 11) is 6.51. The average molecular weight is 759 g/mol. The molecule has 288 valence electrons. The minimum atomic E-state index is -1.26. The van der Waals surface area contributed by atoms with Crippen molar-refractivity contribution in [3.05, 3.63) is 78.2 Å². The lowest BCUT2D eigenvalue weighted by molar-refractivity contribution is -0.117. The molecule has 0 bridgehead atoms. The van der Waals surface area contributed by atoms with Crippen molar-refractivity contribution in [1.29, 1.82) is 0 Å². The number of carbonyl (C=O) groups excluding carboxylic acids is 6. The third-order valence-electron chi connectivity index (χ3n) is 7.91. The van der Waals surface area contributed by atoms with Gasteiger partial charge in [0.05, 0.1) is 11.4 Å². The van der Waals surface area contributed by atoms with Gasteiger partial charge in [-0.3, -0.25) is 28.8 Å². The highest BCUT2D eigenvalue weighted by atomic mass is 16.4. The number of imidazole rings is 3. The van der Waals surface area contributed by atoms with Crippen molar-refractivity contribution in [2.45, 2.75) is 19.3 Å². The number of nitrogens with one attached hydrogen (secondary N) is 7. The molecule has 5 aromatic rings. The van der Waals surface area contributed by atoms with Crippen LogP contribution in [-0.2, 0) is 37.8 Å². The maximum absolute atomic E-state index is 13.0. The average Bonchev–Trinajstić information content (AvgIpc) is 3.96. The van der Waals surface area contributed by atoms with Crippen molar-refractivity contribution < 1.29 is 38.7 Å². The van der Waals surface area contributed by atoms with Crippen LogP contribution in [0.4, 0.5) is 23.0 Å². The molecule has 5 aromatic heterocycles. The highest BCUT2D eigenvalue weighted by molar-refractivity contribution is 6.04. The molecule has 0 aliphatic rings. The van der Waals surface area contributed by atoms with Crippen molar-refractivity contribution >= 4 is 64.4 Å². The molecule has 0 radical (unpaired) electrons. The number of aryl methyl sites for hydroxylation is 4. The van der Waals surface area contributed by atoms with E-state index in [4.69, 9.17) is 5.11 Å². The van der Waals surface area contributed by atoms with E-state index in [1.807, 2.05) is 0 Å². The fourth-order valence-electron chi connectivity index (χ4n) is 5.24. The number of H-pyrrole nitrogens is 1. The third-order valence-corrected chi connectivity index (χ3v) is 7.91. The van der Waals surface area contributed by atoms with Crippen LogP contribution in [0.15, 0.2) is 49.3 Å². The van der Waals surface area contributed by atoms with E-state index >= 15 is 0 Å². The van der Waals surface area contributed by atoms with Gasteiger partial charge in [0.1, 0.15) is 11.4 Å². The molecule has 8 N–H and O–H groups in total. The first-order valence-electron chi connectivity index (χ1n) is 16.6. The van der Waals surface area contributed by atoms with Crippen molar-refractivity contribution in [1.82, 2.24) is 48.8 Å². The Morgan fingerprint density at radius 1 is 0.655 bits per heavy atom. The number of aromatic nitrogens is 8. The molecule has 0 saturated carbocycles. The number of amides is 6. The van der Waals surface area contributed by atoms with Crippen LogP contribution in [-0.4, -0.2) is 97.8 Å². The Morgan fingerprint density at radius 2 is 1.24 bits per heavy atom. The largest absolute Gasteiger partial charge is 0.475 e. The summed E-state index contributed by atoms with van der Waals surface area (Å²) in [6.07, 6.45) is 9.18. The summed E-state index contributed by atoms with van der Waals surface area (Å²) in [6.45, 7) is 0.156. The first-order chi connectivity index (χ1) is 26.2. The molecule has 22 nitrogen and oxygen atoms in total. The van der Waals surface area contributed by atoms with Crippen LogP contribution >= 0.6 is 0 Å². The van der Waals surface area contributed by atoms with Gasteiger partial charge in [-0.2, -0.15) is 0 Å². The summed E-state index contributed by atoms with van der Waals surface area (Å²) in [5, 5.41) is 24.7. The van der Waals surface area contributed by atoms with E-state index in [9.17, 15) is 33.6 Å². The van der Waals surface area contributed by atoms with Gasteiger partial charge in [0.15, 0.2) is 17.5 Å². The van der Waals surface area contributed by atoms with Crippen molar-refractivity contribution in [2.75, 3.05) is 34.4 Å². The van der Waals surface area contributed by atoms with Gasteiger partial charge in [0, 0.05) is 91.3 Å². The number of aromatic amines is 1. The van der Waals surface area contributed by atoms with Crippen LogP contribution < -0.4 is 31.9 Å². The molecule has 0 spiro atoms. The predicted octanol–water partition coefficient (Wildman–Crippen LogP) is 0.664. The lowest BCUT2D eigenvalue weighted by Gasteiger charge is -2.06. The van der Waals surface area contributed by atoms with Gasteiger partial charge < -0.3 is 60.3 Å². The summed E-state index contributed by atoms with van der Waals surface area (Å²) < 4.78 is 6.02. The van der Waals surface area contributed by atoms with E-state index in [2.05, 4.69) is 51.8 Å². The number of rotatable bonds is 16. The molecular weight excluding hydrogens is 720 g/mol. The zero-order chi connectivity index (χ0) is 39.8. The van der Waals surface area contributed by atoms with Crippen molar-refractivity contribution in [3.8, 4) is 0 Å². The number of nitrogens with zero attached hydrogens (tertiary/aromatic N) is 7. The Bertz CT molecular complexity index is 2270. The number of carbonyl (C=O) groups is 7. The van der Waals surface area contributed by atoms with Gasteiger partial charge in [-0.25, -0.2) is 19.7 Å². The minimum absolute atomic E-state index is 0.00695. The van der Waals surface area contributed by atoms with E-state index in [1.165, 1.54) is 50.6 Å². The van der Waals surface area contributed by atoms with Gasteiger partial charge in [-0.1, -0.05) is 0 Å². The highest BCUT2D eigenvalue weighted by Crippen LogP contribution is 2.17. The number of hydrogen-bond acceptors (Lipinski definition) is 10. The Kier molecular flexibility index (Phi) is 11.9. The van der Waals surface area contributed by atoms with Gasteiger partial charge in [-0.05, 0) is 18.6 Å². The van der Waals surface area contributed by atoms with E-state index in [0.29, 0.717) is 17.8 Å². The van der Waals surface area contributed by atoms with Crippen LogP contribution in [0.2, 0.25) is 0 Å². The molecule has 6 amide bonds. The third kappa shape index (κ3) is 9.88. The van der Waals surface area contributed by atoms with Gasteiger partial charge in [0.25, 0.3) is 23.6 Å². The molecular formula is C33H38N14O8. The molecule has 5 heterocycles. The summed E-state index contributed by atoms with van der Waals surface area (Å²) >= 11 is 0. The number of anilines is 4. The SMILES string of the molecule is Cn1cc(NC(=O)c2nc(NC(=O)CCNC(=O)c3cc(NC(=O)c4nccn4C)cn3C)cn2C)cc1C(=O)NCCCC(=O)Nc1c[nH]c(C(=O)O)n1. The standard InChI is InChI=1S/C33H38N14O8/c1-44-11-10-34-27(44)31(52)38-18-12-21(46(3)15-18)30(51)36-9-7-25(49)41-23-17-47(4)28(43-23)32(53)39-19-13-20(45(2)16-19)29(50)35-8-5-6-24(48)40-22-14-37-26(42-22)33(54)55/h10-17H,5-9H2,1-4H3,(H,35,50)(H,36,51)(H,37,42)(H,38,52)(H,39,53)(H,40,48)(H,41,49)(H,54,55). The molecule has 5 rings (SSSR count). The molecule has 0 aliphatic carbocycles. The van der Waals surface area contributed by atoms with E-state index in [-0.39, 0.29) is 66.4 Å². The molecule has 0 unspecified atom stereocenters. The molecule has 0 aromatic carbocycles. The topological polar surface area (TPSA) is 286 Å². The van der Waals surface area contributed by atoms with Gasteiger partial charge >= 0.3 is 5.97 Å². The predicted molar refractivity (Wildman–Crippen MR) is 194 cm³/mol. The van der Waals surface area contributed by atoms with Gasteiger partial charge in [0.2, 0.25) is 23.5 Å². The monoisotopic (exact) mass is 758 g/mol. The van der Waals surface area contributed by atoms with Crippen LogP contribution in [0, 0.1) is 0 Å². The van der Waals surface area contributed by atoms with Crippen molar-refractivity contribution in [2.24, 2.45) is 28.2 Å². The summed E-state index contributed by atoms with van der Waals surface area (Å²) in [4.78, 5) is 101. The lowest BCUT2D eigenvalue weighted by atomic mass is 10.3. The Labute approximate surface area is 311 Å². The van der Waals surface area contributed by atoms with Crippen LogP contribution in [0.1, 0.15) is 72.1 Å². The number of aromatic carboxylic acids is 1. The van der Waals surface area contributed by atoms with Crippen molar-refractivity contribution in [3.63, 3.8) is 0 Å². The molecule has 22 heteroatoms. The molecule has 0 aliphatic heterocycles. The first-order valence-corrected chi connectivity index (χ1v) is 16.6. The molecule has 0 fully saturated rings. The molecule has 0 atom stereocenters. The summed E-state index contributed by atoms with van der Waals surface area (Å²) in [5.74, 6) is -4.03. The summed E-state index contributed by atoms with van der Waals surface area (Å²) in [6, 6.07) is 2.97. The van der Waals surface area contributed by atoms with Crippen LogP contribution in [0.5, 0.6) is 0 Å². The maximum atomic E-state index is 13.0. The second-order valence-corrected chi connectivity index (χ2v) is 12.2. The zero-order valence-corrected chi connectivity index (χ0v) is 30.1. The lowest BCUT2D eigenvalue weighted by Crippen LogP contribution is -2.29. The quantitative estimate of drug-likeness (QED) is 0.0647. The highest BCUT2D eigenvalue weighted by Gasteiger charge is 2.20. The Morgan fingerprint density at radius 3 is 1.82 bits per heavy atom. The van der Waals surface area contributed by atoms with Crippen LogP contribution in [0.25, 0.3) is 0 Å². The Balaban J connectivity index is 1.04. The maximum Gasteiger partial charge on any atom is 0.371 e. The summed E-state index contributed by atoms with van der Waals surface area (Å²) in [5.41, 5.74) is 1.19. The smallest absolute Gasteiger partial charge is 0.371 e. The molecule has 0 saturated heterocycles. The fraction of sp³-hybridized carbons (Fsp3) is 0.273. The fourth-order valence-corrected chi connectivity index (χ4v) is 5.24. The molecule has 55 heavy (non-hydrogen) atoms. The Hall–Kier alpha value is -7.52. The van der Waals surface area contributed by atoms with E-state index < -0.39 is 41.4 Å². The van der Waals surface area contributed by atoms with E-state index in [0.717, 1.165) is 0 Å². The number of carboxylic acid groups (broad SMARTS) is 1. The van der Waals surface area contributed by atoms with E-state index in [1.54, 1.807) is 45.2 Å². The van der Waals surface area contributed by atoms with Crippen LogP contribution in [0.3, 0.4) is 0 Å². The minimum Gasteiger partial charge on any atom is -0.475 e. The first kappa shape index (κ1) is 38.7. The second kappa shape index (κ2) is 16.9. The normalized spacial score (nSPS) is 10.8. The number of carboxylic acids is 1. The number of hydrogen-bond donors (Lipinski definition) is 8. The van der Waals surface area contributed by atoms with Gasteiger partial charge in [-0.15, -0.1) is 0 Å².